The van der Waals surface area contributed by atoms with Crippen LogP contribution in [0.25, 0.3) is 0 Å². The van der Waals surface area contributed by atoms with Gasteiger partial charge in [0.25, 0.3) is 0 Å². The van der Waals surface area contributed by atoms with Gasteiger partial charge in [0.15, 0.2) is 11.8 Å². The summed E-state index contributed by atoms with van der Waals surface area (Å²) in [4.78, 5) is 0. The van der Waals surface area contributed by atoms with E-state index in [1.54, 1.807) is 96.9 Å². The van der Waals surface area contributed by atoms with Gasteiger partial charge in [-0.2, -0.15) is 171 Å². The molecule has 39 heteroatoms. The summed E-state index contributed by atoms with van der Waals surface area (Å²) in [5, 5.41) is 0. The highest BCUT2D eigenvalue weighted by atomic mass is 19.5. The Morgan fingerprint density at radius 2 is 0.612 bits per heavy atom. The highest BCUT2D eigenvalue weighted by Gasteiger charge is 2.57. The average Bonchev–Trinajstić information content (AvgIpc) is 0.830. The highest BCUT2D eigenvalue weighted by Crippen LogP contribution is 2.47. The summed E-state index contributed by atoms with van der Waals surface area (Å²) in [6, 6.07) is 0. The molecule has 0 saturated carbocycles. The van der Waals surface area contributed by atoms with Crippen LogP contribution in [0, 0.1) is 81.3 Å². The first-order valence-electron chi connectivity index (χ1n) is 38.7. The van der Waals surface area contributed by atoms with Crippen molar-refractivity contribution < 1.29 is 171 Å². The number of halogens is 39. The highest BCUT2D eigenvalue weighted by molar-refractivity contribution is 4.81. The molecule has 0 aliphatic carbocycles. The van der Waals surface area contributed by atoms with E-state index in [0.717, 1.165) is 25.7 Å². The van der Waals surface area contributed by atoms with Crippen LogP contribution in [0.15, 0.2) is 0 Å². The van der Waals surface area contributed by atoms with Crippen LogP contribution in [-0.2, 0) is 0 Å². The lowest BCUT2D eigenvalue weighted by Gasteiger charge is -2.31. The third-order valence-electron chi connectivity index (χ3n) is 18.5. The fourth-order valence-corrected chi connectivity index (χ4v) is 8.28. The number of unbranched alkanes of at least 4 members (excludes halogenated alkanes) is 5. The second-order valence-corrected chi connectivity index (χ2v) is 31.5. The first-order valence-corrected chi connectivity index (χ1v) is 38.7. The zero-order valence-electron chi connectivity index (χ0n) is 72.1. The van der Waals surface area contributed by atoms with Gasteiger partial charge in [0.2, 0.25) is 0 Å². The molecule has 6 atom stereocenters. The predicted molar refractivity (Wildman–Crippen MR) is 383 cm³/mol. The van der Waals surface area contributed by atoms with Crippen molar-refractivity contribution in [2.75, 3.05) is 0 Å². The van der Waals surface area contributed by atoms with Gasteiger partial charge in [0, 0.05) is 25.7 Å². The molecular weight excluding hydrogens is 1670 g/mol. The second-order valence-electron chi connectivity index (χ2n) is 31.5. The maximum absolute atomic E-state index is 12.1. The number of hydrogen-bond acceptors (Lipinski definition) is 0. The van der Waals surface area contributed by atoms with Gasteiger partial charge in [-0.15, -0.1) is 0 Å². The molecule has 0 bridgehead atoms. The Bertz CT molecular complexity index is 2130. The molecule has 0 aromatic heterocycles. The molecule has 0 aromatic rings. The minimum Gasteiger partial charge on any atom is -0.171 e. The van der Waals surface area contributed by atoms with Crippen LogP contribution in [0.2, 0.25) is 0 Å². The van der Waals surface area contributed by atoms with Gasteiger partial charge in [0.1, 0.15) is 0 Å². The summed E-state index contributed by atoms with van der Waals surface area (Å²) in [7, 11) is 0. The van der Waals surface area contributed by atoms with Crippen molar-refractivity contribution in [3.8, 4) is 0 Å². The smallest absolute Gasteiger partial charge is 0.171 e. The summed E-state index contributed by atoms with van der Waals surface area (Å²) in [6.07, 6.45) is -51.0. The lowest BCUT2D eigenvalue weighted by molar-refractivity contribution is -0.288. The molecule has 0 aliphatic heterocycles. The molecule has 0 radical (unpaired) electrons. The van der Waals surface area contributed by atoms with E-state index in [9.17, 15) is 171 Å². The zero-order chi connectivity index (χ0) is 96.3. The largest absolute Gasteiger partial charge is 0.400 e. The van der Waals surface area contributed by atoms with Crippen LogP contribution in [0.3, 0.4) is 0 Å². The van der Waals surface area contributed by atoms with Crippen LogP contribution in [0.4, 0.5) is 171 Å². The van der Waals surface area contributed by atoms with E-state index in [4.69, 9.17) is 0 Å². The minimum absolute atomic E-state index is 0.0658. The normalized spacial score (nSPS) is 14.7. The quantitative estimate of drug-likeness (QED) is 0.0568. The van der Waals surface area contributed by atoms with E-state index in [0.29, 0.717) is 64.2 Å². The van der Waals surface area contributed by atoms with Crippen molar-refractivity contribution in [3.05, 3.63) is 0 Å². The molecule has 0 aliphatic rings. The third kappa shape index (κ3) is 87.6. The molecule has 0 saturated heterocycles. The fourth-order valence-electron chi connectivity index (χ4n) is 8.28. The number of alkyl halides is 39. The van der Waals surface area contributed by atoms with Crippen molar-refractivity contribution in [2.24, 2.45) is 81.3 Å². The van der Waals surface area contributed by atoms with Crippen molar-refractivity contribution >= 4 is 0 Å². The predicted octanol–water partition coefficient (Wildman–Crippen LogP) is 37.8. The third-order valence-corrected chi connectivity index (χ3v) is 18.5. The van der Waals surface area contributed by atoms with E-state index >= 15 is 0 Å². The lowest BCUT2D eigenvalue weighted by atomic mass is 9.81. The average molecular weight is 1800 g/mol. The molecule has 718 valence electrons. The molecule has 0 nitrogen and oxygen atoms in total. The Balaban J connectivity index is -0.000000116. The number of rotatable bonds is 27. The molecule has 0 heterocycles. The van der Waals surface area contributed by atoms with Crippen LogP contribution in [0.1, 0.15) is 334 Å². The monoisotopic (exact) mass is 1800 g/mol. The van der Waals surface area contributed by atoms with Crippen LogP contribution < -0.4 is 0 Å². The Hall–Kier alpha value is -2.73. The van der Waals surface area contributed by atoms with Crippen LogP contribution in [0.5, 0.6) is 0 Å². The first kappa shape index (κ1) is 137. The number of hydrogen-bond donors (Lipinski definition) is 0. The Morgan fingerprint density at radius 3 is 0.767 bits per heavy atom. The fraction of sp³-hybridized carbons (Fsp3) is 1.00. The van der Waals surface area contributed by atoms with Gasteiger partial charge in [-0.25, -0.2) is 0 Å². The summed E-state index contributed by atoms with van der Waals surface area (Å²) < 4.78 is 461. The standard InChI is InChI=1S/2C7H10F6.9C7H13F3/c1-4(2)3-5(6(8,9)10)7(11,12)13;1-2-3-4-5(6(8,9)10)7(11,12)13;1-5(2)6(3,4)7(8,9)10;1-4-6(2,3)5-7(8,9)10;1-4-5-6(2,3)7(8,9)10;2*1-4-5(2)6(3)7(8,9)10;1-3-4-6(2)5-7(8,9)10;1-3-4-5-6(2)7(8,9)10;1-3-6(4-2)5-7(8,9)10;1-2-3-4-5-6-7(8,9)10/h4-5H,3H2,1-2H3;5H,2-4H2,1H3;5H,1-4H3;2*4-5H2,1-3H3;2*5-6H,4H2,1-3H3;3*6H,3-5H2,1-2H3;2-6H2,1H3/t;;;;;5?,6-;5-,6?;6-;;;/m.....100.../s1. The summed E-state index contributed by atoms with van der Waals surface area (Å²) in [6.45, 7) is 40.5. The van der Waals surface area contributed by atoms with E-state index in [1.165, 1.54) is 62.3 Å². The van der Waals surface area contributed by atoms with Gasteiger partial charge >= 0.3 is 80.3 Å². The Morgan fingerprint density at radius 1 is 0.276 bits per heavy atom. The van der Waals surface area contributed by atoms with E-state index in [2.05, 4.69) is 0 Å². The first-order chi connectivity index (χ1) is 50.8. The van der Waals surface area contributed by atoms with Gasteiger partial charge in [0.05, 0.1) is 28.6 Å². The molecule has 0 rings (SSSR count). The van der Waals surface area contributed by atoms with Gasteiger partial charge in [-0.1, -0.05) is 276 Å². The van der Waals surface area contributed by atoms with Crippen molar-refractivity contribution in [3.63, 3.8) is 0 Å². The van der Waals surface area contributed by atoms with Crippen molar-refractivity contribution in [1.29, 1.82) is 0 Å². The molecule has 0 N–H and O–H groups in total. The Kier molecular flexibility index (Phi) is 72.4. The molecule has 0 amide bonds. The molecule has 0 fully saturated rings. The maximum atomic E-state index is 12.1. The summed E-state index contributed by atoms with van der Waals surface area (Å²) in [5.41, 5.74) is -3.67. The molecule has 0 spiro atoms. The summed E-state index contributed by atoms with van der Waals surface area (Å²) >= 11 is 0. The SMILES string of the molecule is CC(C)C(C)(C)C(F)(F)F.CC(C)CC(C(F)(F)F)C(F)(F)F.CCC(C)(C)CC(F)(F)F.CCC(C)[C@@H](C)C(F)(F)F.CCC(CC)CC(F)(F)F.CCCC(C)(C)C(F)(F)F.CCCCC(C(F)(F)F)C(F)(F)F.CCCCC(C)C(F)(F)F.CCCCCCC(F)(F)F.CCC[C@H](C)CC(F)(F)F.CC[C@H](C)C(C)C(F)(F)F. The van der Waals surface area contributed by atoms with E-state index in [-0.39, 0.29) is 55.3 Å². The van der Waals surface area contributed by atoms with E-state index in [1.807, 2.05) is 20.8 Å². The maximum Gasteiger partial charge on any atom is 0.400 e. The van der Waals surface area contributed by atoms with Crippen LogP contribution >= 0.6 is 0 Å². The summed E-state index contributed by atoms with van der Waals surface area (Å²) in [5.74, 6) is -11.8. The second kappa shape index (κ2) is 61.6. The molecular formula is C77H137F39. The zero-order valence-corrected chi connectivity index (χ0v) is 72.1. The van der Waals surface area contributed by atoms with Gasteiger partial charge in [-0.3, -0.25) is 0 Å². The lowest BCUT2D eigenvalue weighted by Crippen LogP contribution is -2.37. The topological polar surface area (TPSA) is 0 Å². The van der Waals surface area contributed by atoms with Crippen molar-refractivity contribution in [1.82, 2.24) is 0 Å². The van der Waals surface area contributed by atoms with E-state index < -0.39 is 171 Å². The molecule has 0 aromatic carbocycles. The van der Waals surface area contributed by atoms with Crippen LogP contribution in [-0.4, -0.2) is 80.3 Å². The molecule has 116 heavy (non-hydrogen) atoms. The van der Waals surface area contributed by atoms with Gasteiger partial charge < -0.3 is 0 Å². The Labute approximate surface area is 665 Å². The minimum atomic E-state index is -5.19. The molecule has 3 unspecified atom stereocenters. The van der Waals surface area contributed by atoms with Gasteiger partial charge in [-0.05, 0) is 73.0 Å². The van der Waals surface area contributed by atoms with Crippen molar-refractivity contribution in [2.45, 2.75) is 414 Å².